The molecule has 10 heavy (non-hydrogen) atoms. The summed E-state index contributed by atoms with van der Waals surface area (Å²) in [7, 11) is 0. The van der Waals surface area contributed by atoms with Crippen molar-refractivity contribution < 1.29 is 4.92 Å². The van der Waals surface area contributed by atoms with Crippen LogP contribution in [-0.4, -0.2) is 8.72 Å². The molecule has 0 saturated heterocycles. The van der Waals surface area contributed by atoms with Gasteiger partial charge in [0.2, 0.25) is 9.49 Å². The Morgan fingerprint density at radius 2 is 2.00 bits per heavy atom. The molecular weight excluding hydrogens is 200 g/mol. The van der Waals surface area contributed by atoms with Crippen LogP contribution >= 0.6 is 34.8 Å². The molecule has 58 valence electrons. The molecule has 0 bridgehead atoms. The molecule has 0 aliphatic rings. The van der Waals surface area contributed by atoms with E-state index in [9.17, 15) is 10.1 Å². The third-order valence-corrected chi connectivity index (χ3v) is 0.988. The monoisotopic (exact) mass is 203 g/mol. The van der Waals surface area contributed by atoms with Crippen molar-refractivity contribution in [3.8, 4) is 0 Å². The molecule has 0 aromatic heterocycles. The van der Waals surface area contributed by atoms with Crippen molar-refractivity contribution in [1.29, 1.82) is 0 Å². The lowest BCUT2D eigenvalue weighted by Gasteiger charge is -2.00. The van der Waals surface area contributed by atoms with Gasteiger partial charge in [0.15, 0.2) is 0 Å². The third-order valence-electron chi connectivity index (χ3n) is 0.661. The van der Waals surface area contributed by atoms with Crippen LogP contribution in [-0.2, 0) is 0 Å². The van der Waals surface area contributed by atoms with Crippen LogP contribution < -0.4 is 0 Å². The molecule has 0 radical (unpaired) electrons. The summed E-state index contributed by atoms with van der Waals surface area (Å²) in [5, 5.41) is 9.94. The molecule has 0 aromatic rings. The smallest absolute Gasteiger partial charge is 0.243 e. The fourth-order valence-electron chi connectivity index (χ4n) is 0.290. The summed E-state index contributed by atoms with van der Waals surface area (Å²) >= 11 is 15.7. The van der Waals surface area contributed by atoms with Crippen molar-refractivity contribution in [3.63, 3.8) is 0 Å². The topological polar surface area (TPSA) is 43.1 Å². The molecule has 0 aromatic carbocycles. The molecule has 0 spiro atoms. The van der Waals surface area contributed by atoms with Gasteiger partial charge in [0.25, 0.3) is 0 Å². The molecule has 0 aliphatic carbocycles. The summed E-state index contributed by atoms with van der Waals surface area (Å²) in [4.78, 5) is 9.32. The predicted molar refractivity (Wildman–Crippen MR) is 41.0 cm³/mol. The summed E-state index contributed by atoms with van der Waals surface area (Å²) in [5.74, 6) is 0. The first-order valence-corrected chi connectivity index (χ1v) is 3.37. The molecule has 6 heteroatoms. The van der Waals surface area contributed by atoms with Crippen molar-refractivity contribution in [2.45, 2.75) is 10.7 Å². The largest absolute Gasteiger partial charge is 0.259 e. The second kappa shape index (κ2) is 3.42. The zero-order valence-corrected chi connectivity index (χ0v) is 7.24. The number of alkyl halides is 3. The molecule has 3 nitrogen and oxygen atoms in total. The van der Waals surface area contributed by atoms with Gasteiger partial charge in [0.1, 0.15) is 0 Å². The van der Waals surface area contributed by atoms with E-state index in [1.807, 2.05) is 0 Å². The van der Waals surface area contributed by atoms with E-state index in [1.54, 1.807) is 0 Å². The Balaban J connectivity index is 4.32. The third kappa shape index (κ3) is 4.85. The van der Waals surface area contributed by atoms with Gasteiger partial charge in [-0.05, 0) is 0 Å². The Kier molecular flexibility index (Phi) is 3.42. The van der Waals surface area contributed by atoms with Crippen LogP contribution in [0.2, 0.25) is 0 Å². The predicted octanol–water partition coefficient (Wildman–Crippen LogP) is 2.54. The molecule has 0 fully saturated rings. The minimum absolute atomic E-state index is 0.181. The van der Waals surface area contributed by atoms with Crippen molar-refractivity contribution in [2.75, 3.05) is 0 Å². The highest BCUT2D eigenvalue weighted by molar-refractivity contribution is 6.68. The molecule has 0 aliphatic heterocycles. The van der Waals surface area contributed by atoms with Crippen LogP contribution in [0.1, 0.15) is 6.92 Å². The lowest BCUT2D eigenvalue weighted by Crippen LogP contribution is -2.02. The Morgan fingerprint density at radius 1 is 1.60 bits per heavy atom. The maximum Gasteiger partial charge on any atom is 0.243 e. The number of allylic oxidation sites excluding steroid dienone is 2. The lowest BCUT2D eigenvalue weighted by atomic mass is 10.5. The van der Waals surface area contributed by atoms with E-state index in [4.69, 9.17) is 34.8 Å². The van der Waals surface area contributed by atoms with Crippen LogP contribution in [0, 0.1) is 10.1 Å². The quantitative estimate of drug-likeness (QED) is 0.374. The van der Waals surface area contributed by atoms with Crippen molar-refractivity contribution in [1.82, 2.24) is 0 Å². The first-order valence-electron chi connectivity index (χ1n) is 2.23. The molecule has 0 N–H and O–H groups in total. The number of nitro groups is 1. The van der Waals surface area contributed by atoms with Crippen molar-refractivity contribution >= 4 is 34.8 Å². The van der Waals surface area contributed by atoms with Gasteiger partial charge in [-0.15, -0.1) is 0 Å². The Bertz CT molecular complexity index is 172. The highest BCUT2D eigenvalue weighted by atomic mass is 35.6. The van der Waals surface area contributed by atoms with Gasteiger partial charge in [-0.2, -0.15) is 0 Å². The average molecular weight is 204 g/mol. The van der Waals surface area contributed by atoms with Crippen LogP contribution in [0.4, 0.5) is 0 Å². The Labute approximate surface area is 72.7 Å². The highest BCUT2D eigenvalue weighted by Gasteiger charge is 2.19. The molecule has 0 heterocycles. The summed E-state index contributed by atoms with van der Waals surface area (Å²) in [6.45, 7) is 1.25. The average Bonchev–Trinajstić information content (AvgIpc) is 1.60. The lowest BCUT2D eigenvalue weighted by molar-refractivity contribution is -0.424. The molecule has 0 amide bonds. The summed E-state index contributed by atoms with van der Waals surface area (Å²) < 4.78 is -1.68. The van der Waals surface area contributed by atoms with E-state index in [2.05, 4.69) is 0 Å². The first kappa shape index (κ1) is 10.0. The molecule has 0 atom stereocenters. The van der Waals surface area contributed by atoms with Crippen LogP contribution in [0.25, 0.3) is 0 Å². The van der Waals surface area contributed by atoms with Gasteiger partial charge >= 0.3 is 0 Å². The van der Waals surface area contributed by atoms with Gasteiger partial charge < -0.3 is 0 Å². The van der Waals surface area contributed by atoms with Gasteiger partial charge in [-0.25, -0.2) is 0 Å². The number of rotatable bonds is 1. The second-order valence-electron chi connectivity index (χ2n) is 1.58. The molecular formula is C4H4Cl3NO2. The maximum absolute atomic E-state index is 9.94. The number of hydrogen-bond donors (Lipinski definition) is 0. The standard InChI is InChI=1S/C4H4Cl3NO2/c1-3(8(9)10)2-4(5,6)7/h2H,1H3. The van der Waals surface area contributed by atoms with E-state index < -0.39 is 8.72 Å². The van der Waals surface area contributed by atoms with E-state index in [1.165, 1.54) is 6.92 Å². The molecule has 0 saturated carbocycles. The van der Waals surface area contributed by atoms with Gasteiger partial charge in [0, 0.05) is 13.0 Å². The SMILES string of the molecule is CC(=CC(Cl)(Cl)Cl)[N+](=O)[O-]. The second-order valence-corrected chi connectivity index (χ2v) is 3.95. The Hall–Kier alpha value is 0.01000. The van der Waals surface area contributed by atoms with Gasteiger partial charge in [0.05, 0.1) is 4.92 Å². The first-order chi connectivity index (χ1) is 4.33. The number of hydrogen-bond acceptors (Lipinski definition) is 2. The van der Waals surface area contributed by atoms with Crippen LogP contribution in [0.5, 0.6) is 0 Å². The number of halogens is 3. The summed E-state index contributed by atoms with van der Waals surface area (Å²) in [6.07, 6.45) is 0.942. The Morgan fingerprint density at radius 3 is 2.10 bits per heavy atom. The fourth-order valence-corrected chi connectivity index (χ4v) is 0.763. The normalized spacial score (nSPS) is 13.4. The van der Waals surface area contributed by atoms with E-state index >= 15 is 0 Å². The van der Waals surface area contributed by atoms with E-state index in [0.717, 1.165) is 6.08 Å². The zero-order valence-electron chi connectivity index (χ0n) is 4.97. The van der Waals surface area contributed by atoms with Gasteiger partial charge in [-0.1, -0.05) is 34.8 Å². The van der Waals surface area contributed by atoms with E-state index in [0.29, 0.717) is 0 Å². The summed E-state index contributed by atoms with van der Waals surface area (Å²) in [6, 6.07) is 0. The van der Waals surface area contributed by atoms with Gasteiger partial charge in [-0.3, -0.25) is 10.1 Å². The molecule has 0 unspecified atom stereocenters. The number of nitrogens with zero attached hydrogens (tertiary/aromatic N) is 1. The zero-order chi connectivity index (χ0) is 8.36. The summed E-state index contributed by atoms with van der Waals surface area (Å²) in [5.41, 5.74) is -0.181. The van der Waals surface area contributed by atoms with Crippen LogP contribution in [0.15, 0.2) is 11.8 Å². The minimum Gasteiger partial charge on any atom is -0.259 e. The highest BCUT2D eigenvalue weighted by Crippen LogP contribution is 2.28. The van der Waals surface area contributed by atoms with Crippen LogP contribution in [0.3, 0.4) is 0 Å². The van der Waals surface area contributed by atoms with Crippen molar-refractivity contribution in [2.24, 2.45) is 0 Å². The van der Waals surface area contributed by atoms with E-state index in [-0.39, 0.29) is 5.70 Å². The molecule has 0 rings (SSSR count). The maximum atomic E-state index is 9.94. The fraction of sp³-hybridized carbons (Fsp3) is 0.500. The van der Waals surface area contributed by atoms with Crippen molar-refractivity contribution in [3.05, 3.63) is 21.9 Å². The minimum atomic E-state index is -1.68.